The largest absolute Gasteiger partial charge is 0.306 e. The molecule has 3 nitrogen and oxygen atoms in total. The summed E-state index contributed by atoms with van der Waals surface area (Å²) in [6.07, 6.45) is 4.02. The molecule has 0 saturated carbocycles. The number of Topliss-reactive ketones (excluding diaryl/α,β-unsaturated/α-hetero) is 1. The van der Waals surface area contributed by atoms with Gasteiger partial charge in [-0.3, -0.25) is 9.78 Å². The molecule has 0 fully saturated rings. The van der Waals surface area contributed by atoms with Crippen LogP contribution < -0.4 is 5.32 Å². The summed E-state index contributed by atoms with van der Waals surface area (Å²) >= 11 is 5.94. The van der Waals surface area contributed by atoms with Gasteiger partial charge in [0.05, 0.1) is 6.54 Å². The second kappa shape index (κ2) is 7.36. The predicted octanol–water partition coefficient (Wildman–Crippen LogP) is 3.79. The molecule has 0 aliphatic carbocycles. The number of carbonyl (C=O) groups is 1. The molecule has 116 valence electrons. The number of nitrogens with zero attached hydrogens (tertiary/aromatic N) is 1. The van der Waals surface area contributed by atoms with Gasteiger partial charge in [0.2, 0.25) is 0 Å². The van der Waals surface area contributed by atoms with Crippen molar-refractivity contribution in [2.45, 2.75) is 13.0 Å². The summed E-state index contributed by atoms with van der Waals surface area (Å²) in [5.74, 6) is 0.167. The summed E-state index contributed by atoms with van der Waals surface area (Å²) in [5, 5.41) is 6.07. The number of hydrogen-bond acceptors (Lipinski definition) is 3. The van der Waals surface area contributed by atoms with Crippen LogP contribution in [0.4, 0.5) is 0 Å². The molecule has 0 aliphatic heterocycles. The van der Waals surface area contributed by atoms with E-state index < -0.39 is 0 Å². The molecule has 0 radical (unpaired) electrons. The SMILES string of the molecule is O=C(CNCc1cccc(Cl)c1)Cc1ccc2cnccc2c1. The average Bonchev–Trinajstić information content (AvgIpc) is 2.55. The van der Waals surface area contributed by atoms with Crippen LogP contribution in [0.15, 0.2) is 60.9 Å². The van der Waals surface area contributed by atoms with Gasteiger partial charge in [0.25, 0.3) is 0 Å². The number of hydrogen-bond donors (Lipinski definition) is 1. The zero-order chi connectivity index (χ0) is 16.1. The highest BCUT2D eigenvalue weighted by Crippen LogP contribution is 2.15. The number of pyridine rings is 1. The Hall–Kier alpha value is -2.23. The summed E-state index contributed by atoms with van der Waals surface area (Å²) in [4.78, 5) is 16.2. The maximum atomic E-state index is 12.1. The highest BCUT2D eigenvalue weighted by molar-refractivity contribution is 6.30. The Morgan fingerprint density at radius 3 is 2.83 bits per heavy atom. The van der Waals surface area contributed by atoms with E-state index in [0.29, 0.717) is 24.5 Å². The zero-order valence-corrected chi connectivity index (χ0v) is 13.4. The number of ketones is 1. The molecule has 1 heterocycles. The van der Waals surface area contributed by atoms with Crippen molar-refractivity contribution >= 4 is 28.2 Å². The van der Waals surface area contributed by atoms with Crippen LogP contribution in [0.2, 0.25) is 5.02 Å². The van der Waals surface area contributed by atoms with Gasteiger partial charge in [-0.1, -0.05) is 41.9 Å². The van der Waals surface area contributed by atoms with Crippen molar-refractivity contribution in [2.75, 3.05) is 6.54 Å². The molecule has 0 bridgehead atoms. The standard InChI is InChI=1S/C19H17ClN2O/c20-18-3-1-2-15(9-18)11-22-13-19(23)10-14-4-5-17-12-21-7-6-16(17)8-14/h1-9,12,22H,10-11,13H2. The van der Waals surface area contributed by atoms with Crippen LogP contribution in [0.1, 0.15) is 11.1 Å². The van der Waals surface area contributed by atoms with E-state index in [9.17, 15) is 4.79 Å². The normalized spacial score (nSPS) is 10.8. The lowest BCUT2D eigenvalue weighted by atomic mass is 10.0. The van der Waals surface area contributed by atoms with Crippen molar-refractivity contribution < 1.29 is 4.79 Å². The lowest BCUT2D eigenvalue weighted by Crippen LogP contribution is -2.23. The molecule has 3 aromatic rings. The first-order chi connectivity index (χ1) is 11.2. The number of benzene rings is 2. The van der Waals surface area contributed by atoms with Gasteiger partial charge in [0, 0.05) is 35.8 Å². The quantitative estimate of drug-likeness (QED) is 0.750. The van der Waals surface area contributed by atoms with E-state index in [-0.39, 0.29) is 5.78 Å². The Bertz CT molecular complexity index is 832. The topological polar surface area (TPSA) is 42.0 Å². The van der Waals surface area contributed by atoms with Crippen LogP contribution in [0.5, 0.6) is 0 Å². The Morgan fingerprint density at radius 2 is 1.96 bits per heavy atom. The van der Waals surface area contributed by atoms with Crippen LogP contribution in [-0.4, -0.2) is 17.3 Å². The third-order valence-corrected chi connectivity index (χ3v) is 3.88. The molecule has 0 unspecified atom stereocenters. The number of rotatable bonds is 6. The fourth-order valence-corrected chi connectivity index (χ4v) is 2.74. The van der Waals surface area contributed by atoms with E-state index in [1.165, 1.54) is 0 Å². The summed E-state index contributed by atoms with van der Waals surface area (Å²) < 4.78 is 0. The number of nitrogens with one attached hydrogen (secondary N) is 1. The molecule has 2 aromatic carbocycles. The molecular formula is C19H17ClN2O. The molecule has 1 aromatic heterocycles. The minimum Gasteiger partial charge on any atom is -0.306 e. The monoisotopic (exact) mass is 324 g/mol. The van der Waals surface area contributed by atoms with Gasteiger partial charge in [-0.15, -0.1) is 0 Å². The van der Waals surface area contributed by atoms with E-state index in [4.69, 9.17) is 11.6 Å². The van der Waals surface area contributed by atoms with Crippen molar-refractivity contribution in [1.82, 2.24) is 10.3 Å². The Kier molecular flexibility index (Phi) is 5.01. The van der Waals surface area contributed by atoms with Gasteiger partial charge in [0.15, 0.2) is 5.78 Å². The van der Waals surface area contributed by atoms with Crippen LogP contribution >= 0.6 is 11.6 Å². The van der Waals surface area contributed by atoms with Gasteiger partial charge in [0.1, 0.15) is 0 Å². The Morgan fingerprint density at radius 1 is 1.04 bits per heavy atom. The van der Waals surface area contributed by atoms with Crippen molar-refractivity contribution in [3.8, 4) is 0 Å². The highest BCUT2D eigenvalue weighted by atomic mass is 35.5. The Balaban J connectivity index is 1.54. The van der Waals surface area contributed by atoms with E-state index in [1.54, 1.807) is 6.20 Å². The van der Waals surface area contributed by atoms with E-state index >= 15 is 0 Å². The molecule has 23 heavy (non-hydrogen) atoms. The molecule has 0 spiro atoms. The van der Waals surface area contributed by atoms with Gasteiger partial charge < -0.3 is 5.32 Å². The molecule has 0 aliphatic rings. The van der Waals surface area contributed by atoms with Gasteiger partial charge in [-0.25, -0.2) is 0 Å². The van der Waals surface area contributed by atoms with Crippen LogP contribution in [-0.2, 0) is 17.8 Å². The van der Waals surface area contributed by atoms with E-state index in [1.807, 2.05) is 54.7 Å². The first-order valence-corrected chi connectivity index (χ1v) is 7.88. The number of fused-ring (bicyclic) bond motifs is 1. The fraction of sp³-hybridized carbons (Fsp3) is 0.158. The second-order valence-electron chi connectivity index (χ2n) is 5.51. The van der Waals surface area contributed by atoms with Crippen LogP contribution in [0.25, 0.3) is 10.8 Å². The molecular weight excluding hydrogens is 308 g/mol. The second-order valence-corrected chi connectivity index (χ2v) is 5.94. The maximum Gasteiger partial charge on any atom is 0.150 e. The molecule has 0 saturated heterocycles. The molecule has 0 atom stereocenters. The minimum absolute atomic E-state index is 0.167. The molecule has 3 rings (SSSR count). The van der Waals surface area contributed by atoms with Crippen molar-refractivity contribution in [3.05, 3.63) is 77.1 Å². The summed E-state index contributed by atoms with van der Waals surface area (Å²) in [7, 11) is 0. The van der Waals surface area contributed by atoms with Gasteiger partial charge in [-0.05, 0) is 34.7 Å². The zero-order valence-electron chi connectivity index (χ0n) is 12.6. The Labute approximate surface area is 140 Å². The summed E-state index contributed by atoms with van der Waals surface area (Å²) in [6, 6.07) is 15.6. The highest BCUT2D eigenvalue weighted by Gasteiger charge is 2.05. The van der Waals surface area contributed by atoms with Gasteiger partial charge in [-0.2, -0.15) is 0 Å². The van der Waals surface area contributed by atoms with E-state index in [0.717, 1.165) is 21.9 Å². The van der Waals surface area contributed by atoms with Crippen molar-refractivity contribution in [2.24, 2.45) is 0 Å². The molecule has 4 heteroatoms. The number of carbonyl (C=O) groups excluding carboxylic acids is 1. The molecule has 1 N–H and O–H groups in total. The maximum absolute atomic E-state index is 12.1. The summed E-state index contributed by atoms with van der Waals surface area (Å²) in [6.45, 7) is 0.983. The predicted molar refractivity (Wildman–Crippen MR) is 93.6 cm³/mol. The third kappa shape index (κ3) is 4.38. The third-order valence-electron chi connectivity index (χ3n) is 3.65. The van der Waals surface area contributed by atoms with Crippen LogP contribution in [0, 0.1) is 0 Å². The van der Waals surface area contributed by atoms with Crippen molar-refractivity contribution in [1.29, 1.82) is 0 Å². The number of halogens is 1. The van der Waals surface area contributed by atoms with Crippen molar-refractivity contribution in [3.63, 3.8) is 0 Å². The summed E-state index contributed by atoms with van der Waals surface area (Å²) in [5.41, 5.74) is 2.10. The average molecular weight is 325 g/mol. The molecule has 0 amide bonds. The first kappa shape index (κ1) is 15.7. The van der Waals surface area contributed by atoms with Gasteiger partial charge >= 0.3 is 0 Å². The number of aromatic nitrogens is 1. The fourth-order valence-electron chi connectivity index (χ4n) is 2.53. The lowest BCUT2D eigenvalue weighted by molar-refractivity contribution is -0.117. The lowest BCUT2D eigenvalue weighted by Gasteiger charge is -2.06. The first-order valence-electron chi connectivity index (χ1n) is 7.50. The van der Waals surface area contributed by atoms with Crippen LogP contribution in [0.3, 0.4) is 0 Å². The minimum atomic E-state index is 0.167. The van der Waals surface area contributed by atoms with E-state index in [2.05, 4.69) is 10.3 Å². The smallest absolute Gasteiger partial charge is 0.150 e.